The van der Waals surface area contributed by atoms with Gasteiger partial charge in [-0.3, -0.25) is 14.4 Å². The number of nitrogens with zero attached hydrogens (tertiary/aromatic N) is 4. The van der Waals surface area contributed by atoms with E-state index in [0.29, 0.717) is 18.4 Å². The van der Waals surface area contributed by atoms with Gasteiger partial charge in [0.15, 0.2) is 0 Å². The van der Waals surface area contributed by atoms with Gasteiger partial charge in [0.25, 0.3) is 23.5 Å². The monoisotopic (exact) mass is 511 g/mol. The minimum absolute atomic E-state index is 0.00847. The first-order valence-electron chi connectivity index (χ1n) is 11.3. The molecule has 0 unspecified atom stereocenters. The van der Waals surface area contributed by atoms with Gasteiger partial charge in [0.1, 0.15) is 23.3 Å². The summed E-state index contributed by atoms with van der Waals surface area (Å²) in [6, 6.07) is 5.23. The molecule has 1 aromatic carbocycles. The zero-order valence-electron chi connectivity index (χ0n) is 19.4. The molecule has 2 aliphatic carbocycles. The van der Waals surface area contributed by atoms with Gasteiger partial charge >= 0.3 is 0 Å². The maximum absolute atomic E-state index is 13.8. The molecule has 2 aliphatic rings. The number of H-pyrrole nitrogens is 1. The molecule has 0 bridgehead atoms. The Morgan fingerprint density at radius 2 is 1.97 bits per heavy atom. The Morgan fingerprint density at radius 3 is 2.57 bits per heavy atom. The Balaban J connectivity index is 1.42. The molecule has 2 heterocycles. The maximum Gasteiger partial charge on any atom is 0.293 e. The summed E-state index contributed by atoms with van der Waals surface area (Å²) in [5.74, 6) is -6.59. The van der Waals surface area contributed by atoms with Crippen molar-refractivity contribution in [3.05, 3.63) is 64.5 Å². The van der Waals surface area contributed by atoms with Crippen LogP contribution in [0.15, 0.2) is 30.6 Å². The van der Waals surface area contributed by atoms with Crippen LogP contribution in [0.25, 0.3) is 0 Å². The number of amides is 2. The average Bonchev–Trinajstić information content (AvgIpc) is 3.38. The number of aromatic nitrogens is 4. The third kappa shape index (κ3) is 4.35. The van der Waals surface area contributed by atoms with E-state index in [4.69, 9.17) is 5.26 Å². The fraction of sp³-hybridized carbons (Fsp3) is 0.333. The number of ketones is 1. The maximum atomic E-state index is 13.8. The smallest absolute Gasteiger partial charge is 0.293 e. The van der Waals surface area contributed by atoms with Crippen molar-refractivity contribution < 1.29 is 27.6 Å². The van der Waals surface area contributed by atoms with Crippen LogP contribution in [-0.4, -0.2) is 43.5 Å². The number of aryl methyl sites for hydroxylation is 1. The second kappa shape index (κ2) is 8.58. The van der Waals surface area contributed by atoms with Crippen molar-refractivity contribution in [2.45, 2.75) is 43.1 Å². The van der Waals surface area contributed by atoms with Crippen molar-refractivity contribution in [3.8, 4) is 6.07 Å². The molecule has 2 fully saturated rings. The molecular weight excluding hydrogens is 491 g/mol. The topological polar surface area (TPSA) is 146 Å². The van der Waals surface area contributed by atoms with Gasteiger partial charge in [0.2, 0.25) is 0 Å². The fourth-order valence-electron chi connectivity index (χ4n) is 4.77. The van der Waals surface area contributed by atoms with E-state index in [2.05, 4.69) is 26.0 Å². The number of hydrogen-bond acceptors (Lipinski definition) is 6. The van der Waals surface area contributed by atoms with Crippen molar-refractivity contribution in [2.24, 2.45) is 7.05 Å². The molecule has 190 valence electrons. The Labute approximate surface area is 207 Å². The van der Waals surface area contributed by atoms with Gasteiger partial charge in [0, 0.05) is 37.3 Å². The molecule has 0 spiro atoms. The molecule has 2 aromatic heterocycles. The molecule has 10 nitrogen and oxygen atoms in total. The number of carbonyl (C=O) groups excluding carboxylic acids is 3. The van der Waals surface area contributed by atoms with Gasteiger partial charge in [-0.15, -0.1) is 0 Å². The summed E-state index contributed by atoms with van der Waals surface area (Å²) in [6.07, 6.45) is 2.49. The predicted octanol–water partition coefficient (Wildman–Crippen LogP) is 2.91. The summed E-state index contributed by atoms with van der Waals surface area (Å²) in [4.78, 5) is 39.4. The molecule has 0 radical (unpaired) electrons. The number of hydrogen-bond donors (Lipinski definition) is 3. The highest BCUT2D eigenvalue weighted by molar-refractivity contribution is 6.43. The van der Waals surface area contributed by atoms with Crippen LogP contribution >= 0.6 is 0 Å². The van der Waals surface area contributed by atoms with Gasteiger partial charge in [-0.05, 0) is 42.5 Å². The first-order valence-corrected chi connectivity index (χ1v) is 11.3. The van der Waals surface area contributed by atoms with E-state index in [0.717, 1.165) is 6.07 Å². The largest absolute Gasteiger partial charge is 0.346 e. The summed E-state index contributed by atoms with van der Waals surface area (Å²) in [7, 11) is 1.53. The lowest BCUT2D eigenvalue weighted by atomic mass is 9.71. The fourth-order valence-corrected chi connectivity index (χ4v) is 4.77. The first kappa shape index (κ1) is 24.2. The average molecular weight is 511 g/mol. The molecule has 37 heavy (non-hydrogen) atoms. The number of halogens is 3. The Hall–Kier alpha value is -4.47. The molecule has 2 amide bonds. The Kier molecular flexibility index (Phi) is 5.62. The SMILES string of the molecule is Cn1cc(C(=O)C(=O)NC2(c3cn[nH]n3)CC(F)(F)C2)c(C2CC2)c1C(=O)Nc1ccc(F)c(C#N)c1. The van der Waals surface area contributed by atoms with Crippen molar-refractivity contribution in [1.29, 1.82) is 5.26 Å². The molecule has 3 aromatic rings. The normalized spacial score (nSPS) is 17.4. The van der Waals surface area contributed by atoms with Crippen LogP contribution < -0.4 is 10.6 Å². The predicted molar refractivity (Wildman–Crippen MR) is 121 cm³/mol. The molecule has 5 rings (SSSR count). The van der Waals surface area contributed by atoms with Crippen LogP contribution in [0.5, 0.6) is 0 Å². The number of anilines is 1. The summed E-state index contributed by atoms with van der Waals surface area (Å²) in [5, 5.41) is 23.8. The van der Waals surface area contributed by atoms with Crippen LogP contribution in [-0.2, 0) is 17.4 Å². The number of nitrogens with one attached hydrogen (secondary N) is 3. The molecule has 0 atom stereocenters. The second-order valence-corrected chi connectivity index (χ2v) is 9.38. The number of rotatable bonds is 7. The van der Waals surface area contributed by atoms with E-state index in [1.165, 1.54) is 36.1 Å². The van der Waals surface area contributed by atoms with E-state index < -0.39 is 47.7 Å². The quantitative estimate of drug-likeness (QED) is 0.329. The molecule has 13 heteroatoms. The minimum atomic E-state index is -3.03. The molecule has 3 N–H and O–H groups in total. The van der Waals surface area contributed by atoms with Gasteiger partial charge in [0.05, 0.1) is 17.3 Å². The Morgan fingerprint density at radius 1 is 1.24 bits per heavy atom. The summed E-state index contributed by atoms with van der Waals surface area (Å²) >= 11 is 0. The van der Waals surface area contributed by atoms with Crippen molar-refractivity contribution in [1.82, 2.24) is 25.3 Å². The van der Waals surface area contributed by atoms with E-state index in [-0.39, 0.29) is 34.1 Å². The van der Waals surface area contributed by atoms with E-state index in [1.54, 1.807) is 6.07 Å². The van der Waals surface area contributed by atoms with Gasteiger partial charge in [-0.25, -0.2) is 13.2 Å². The zero-order chi connectivity index (χ0) is 26.5. The van der Waals surface area contributed by atoms with E-state index in [1.807, 2.05) is 0 Å². The number of alkyl halides is 2. The van der Waals surface area contributed by atoms with Gasteiger partial charge in [-0.1, -0.05) is 0 Å². The van der Waals surface area contributed by atoms with Crippen LogP contribution in [0.3, 0.4) is 0 Å². The highest BCUT2D eigenvalue weighted by Crippen LogP contribution is 2.51. The molecule has 2 saturated carbocycles. The van der Waals surface area contributed by atoms with E-state index >= 15 is 0 Å². The zero-order valence-corrected chi connectivity index (χ0v) is 19.4. The van der Waals surface area contributed by atoms with Crippen LogP contribution in [0.4, 0.5) is 18.9 Å². The number of aromatic amines is 1. The van der Waals surface area contributed by atoms with Gasteiger partial charge < -0.3 is 15.2 Å². The number of Topliss-reactive ketones (excluding diaryl/α,β-unsaturated/α-hetero) is 1. The highest BCUT2D eigenvalue weighted by atomic mass is 19.3. The summed E-state index contributed by atoms with van der Waals surface area (Å²) < 4.78 is 42.6. The molecular formula is C24H20F3N7O3. The lowest BCUT2D eigenvalue weighted by Crippen LogP contribution is -2.61. The first-order chi connectivity index (χ1) is 17.5. The van der Waals surface area contributed by atoms with Crippen molar-refractivity contribution in [2.75, 3.05) is 5.32 Å². The summed E-state index contributed by atoms with van der Waals surface area (Å²) in [5.41, 5.74) is -1.03. The van der Waals surface area contributed by atoms with Crippen LogP contribution in [0.1, 0.15) is 69.3 Å². The molecule has 0 saturated heterocycles. The third-order valence-electron chi connectivity index (χ3n) is 6.60. The second-order valence-electron chi connectivity index (χ2n) is 9.38. The van der Waals surface area contributed by atoms with Gasteiger partial charge in [-0.2, -0.15) is 20.7 Å². The number of carbonyl (C=O) groups is 3. The third-order valence-corrected chi connectivity index (χ3v) is 6.60. The molecule has 0 aliphatic heterocycles. The van der Waals surface area contributed by atoms with E-state index in [9.17, 15) is 27.6 Å². The number of benzene rings is 1. The highest BCUT2D eigenvalue weighted by Gasteiger charge is 2.60. The van der Waals surface area contributed by atoms with Crippen LogP contribution in [0.2, 0.25) is 0 Å². The lowest BCUT2D eigenvalue weighted by Gasteiger charge is -2.46. The Bertz CT molecular complexity index is 1460. The summed E-state index contributed by atoms with van der Waals surface area (Å²) in [6.45, 7) is 0. The lowest BCUT2D eigenvalue weighted by molar-refractivity contribution is -0.148. The van der Waals surface area contributed by atoms with Crippen molar-refractivity contribution in [3.63, 3.8) is 0 Å². The standard InChI is InChI=1S/C24H20F3N7O3/c1-34-9-15(20(35)22(37)31-23(10-24(26,27)11-23)17-8-29-33-32-17)18(12-2-3-12)19(34)21(36)30-14-4-5-16(25)13(6-14)7-28/h4-6,8-9,12H,2-3,10-11H2,1H3,(H,30,36)(H,31,37)(H,29,32,33). The van der Waals surface area contributed by atoms with Crippen molar-refractivity contribution >= 4 is 23.3 Å². The van der Waals surface area contributed by atoms with Crippen LogP contribution in [0, 0.1) is 17.1 Å². The number of nitriles is 1. The minimum Gasteiger partial charge on any atom is -0.346 e.